The normalized spacial score (nSPS) is 12.9. The molecule has 0 heterocycles. The number of phenols is 1. The van der Waals surface area contributed by atoms with Crippen molar-refractivity contribution in [1.29, 1.82) is 0 Å². The van der Waals surface area contributed by atoms with Crippen LogP contribution in [0.5, 0.6) is 5.75 Å². The number of nitrogens with one attached hydrogen (secondary N) is 1. The number of alkyl carbamates (subject to hydrolysis) is 1. The second-order valence-corrected chi connectivity index (χ2v) is 5.14. The Hall–Kier alpha value is -1.82. The third-order valence-corrected chi connectivity index (χ3v) is 2.29. The summed E-state index contributed by atoms with van der Waals surface area (Å²) in [4.78, 5) is 11.6. The van der Waals surface area contributed by atoms with Gasteiger partial charge in [0.1, 0.15) is 17.2 Å². The van der Waals surface area contributed by atoms with Crippen molar-refractivity contribution in [2.24, 2.45) is 5.73 Å². The Morgan fingerprint density at radius 1 is 1.53 bits per heavy atom. The number of rotatable bonds is 3. The molecule has 0 saturated carbocycles. The Bertz CT molecular complexity index is 458. The molecule has 0 aliphatic carbocycles. The van der Waals surface area contributed by atoms with Crippen LogP contribution in [0.2, 0.25) is 0 Å². The number of carbonyl (C=O) groups is 1. The Morgan fingerprint density at radius 2 is 2.16 bits per heavy atom. The SMILES string of the molecule is CC(C)(C)OC(=O)NC(CN)c1cc(F)ccc1O. The molecule has 0 radical (unpaired) electrons. The fraction of sp³-hybridized carbons (Fsp3) is 0.462. The highest BCUT2D eigenvalue weighted by Crippen LogP contribution is 2.24. The number of benzene rings is 1. The van der Waals surface area contributed by atoms with Gasteiger partial charge >= 0.3 is 6.09 Å². The second-order valence-electron chi connectivity index (χ2n) is 5.14. The molecule has 0 aromatic heterocycles. The molecule has 5 nitrogen and oxygen atoms in total. The summed E-state index contributed by atoms with van der Waals surface area (Å²) in [6.45, 7) is 5.19. The van der Waals surface area contributed by atoms with Gasteiger partial charge in [0.25, 0.3) is 0 Å². The molecule has 1 atom stereocenters. The van der Waals surface area contributed by atoms with Gasteiger partial charge in [0, 0.05) is 12.1 Å². The molecule has 106 valence electrons. The summed E-state index contributed by atoms with van der Waals surface area (Å²) < 4.78 is 18.2. The largest absolute Gasteiger partial charge is 0.508 e. The molecule has 6 heteroatoms. The van der Waals surface area contributed by atoms with Crippen molar-refractivity contribution in [3.05, 3.63) is 29.6 Å². The molecule has 19 heavy (non-hydrogen) atoms. The van der Waals surface area contributed by atoms with Crippen LogP contribution >= 0.6 is 0 Å². The van der Waals surface area contributed by atoms with E-state index in [9.17, 15) is 14.3 Å². The van der Waals surface area contributed by atoms with E-state index in [0.717, 1.165) is 12.1 Å². The maximum Gasteiger partial charge on any atom is 0.408 e. The first-order valence-corrected chi connectivity index (χ1v) is 5.91. The summed E-state index contributed by atoms with van der Waals surface area (Å²) in [6, 6.07) is 2.75. The number of hydrogen-bond donors (Lipinski definition) is 3. The monoisotopic (exact) mass is 270 g/mol. The van der Waals surface area contributed by atoms with Crippen molar-refractivity contribution in [3.63, 3.8) is 0 Å². The minimum absolute atomic E-state index is 0.0102. The van der Waals surface area contributed by atoms with Crippen LogP contribution in [0.1, 0.15) is 32.4 Å². The van der Waals surface area contributed by atoms with Crippen molar-refractivity contribution in [2.75, 3.05) is 6.54 Å². The van der Waals surface area contributed by atoms with Crippen molar-refractivity contribution in [2.45, 2.75) is 32.4 Å². The van der Waals surface area contributed by atoms with Gasteiger partial charge in [-0.1, -0.05) is 0 Å². The number of phenolic OH excluding ortho intramolecular Hbond substituents is 1. The standard InChI is InChI=1S/C13H19FN2O3/c1-13(2,3)19-12(18)16-10(7-15)9-6-8(14)4-5-11(9)17/h4-6,10,17H,7,15H2,1-3H3,(H,16,18). The molecule has 0 aliphatic rings. The van der Waals surface area contributed by atoms with Crippen LogP contribution < -0.4 is 11.1 Å². The van der Waals surface area contributed by atoms with E-state index < -0.39 is 23.6 Å². The molecule has 0 spiro atoms. The van der Waals surface area contributed by atoms with E-state index in [-0.39, 0.29) is 17.9 Å². The van der Waals surface area contributed by atoms with Crippen LogP contribution in [0.15, 0.2) is 18.2 Å². The Balaban J connectivity index is 2.84. The van der Waals surface area contributed by atoms with Gasteiger partial charge < -0.3 is 20.9 Å². The van der Waals surface area contributed by atoms with Gasteiger partial charge in [-0.15, -0.1) is 0 Å². The van der Waals surface area contributed by atoms with Gasteiger partial charge in [-0.3, -0.25) is 0 Å². The highest BCUT2D eigenvalue weighted by atomic mass is 19.1. The predicted octanol–water partition coefficient (Wildman–Crippen LogP) is 2.06. The van der Waals surface area contributed by atoms with Crippen molar-refractivity contribution < 1.29 is 19.0 Å². The number of nitrogens with two attached hydrogens (primary N) is 1. The van der Waals surface area contributed by atoms with E-state index in [0.29, 0.717) is 0 Å². The lowest BCUT2D eigenvalue weighted by atomic mass is 10.1. The molecule has 0 bridgehead atoms. The van der Waals surface area contributed by atoms with Crippen molar-refractivity contribution in [3.8, 4) is 5.75 Å². The zero-order chi connectivity index (χ0) is 14.6. The first kappa shape index (κ1) is 15.2. The lowest BCUT2D eigenvalue weighted by molar-refractivity contribution is 0.0505. The average molecular weight is 270 g/mol. The summed E-state index contributed by atoms with van der Waals surface area (Å²) in [5.74, 6) is -0.648. The lowest BCUT2D eigenvalue weighted by Crippen LogP contribution is -2.37. The molecule has 1 rings (SSSR count). The molecule has 4 N–H and O–H groups in total. The Morgan fingerprint density at radius 3 is 2.68 bits per heavy atom. The maximum absolute atomic E-state index is 13.2. The van der Waals surface area contributed by atoms with E-state index in [2.05, 4.69) is 5.32 Å². The van der Waals surface area contributed by atoms with Gasteiger partial charge in [0.05, 0.1) is 6.04 Å². The van der Waals surface area contributed by atoms with Crippen LogP contribution in [0, 0.1) is 5.82 Å². The van der Waals surface area contributed by atoms with E-state index in [1.807, 2.05) is 0 Å². The smallest absolute Gasteiger partial charge is 0.408 e. The first-order valence-electron chi connectivity index (χ1n) is 5.91. The number of hydrogen-bond acceptors (Lipinski definition) is 4. The van der Waals surface area contributed by atoms with E-state index in [1.54, 1.807) is 20.8 Å². The van der Waals surface area contributed by atoms with Crippen molar-refractivity contribution >= 4 is 6.09 Å². The Labute approximate surface area is 111 Å². The van der Waals surface area contributed by atoms with Crippen LogP contribution in [0.3, 0.4) is 0 Å². The molecule has 0 aliphatic heterocycles. The number of ether oxygens (including phenoxy) is 1. The number of halogens is 1. The molecular weight excluding hydrogens is 251 g/mol. The van der Waals surface area contributed by atoms with Crippen LogP contribution in [-0.2, 0) is 4.74 Å². The van der Waals surface area contributed by atoms with Crippen LogP contribution in [0.4, 0.5) is 9.18 Å². The second kappa shape index (κ2) is 5.88. The van der Waals surface area contributed by atoms with E-state index in [4.69, 9.17) is 10.5 Å². The number of aromatic hydroxyl groups is 1. The fourth-order valence-electron chi connectivity index (χ4n) is 1.52. The van der Waals surface area contributed by atoms with Gasteiger partial charge in [-0.05, 0) is 39.0 Å². The minimum Gasteiger partial charge on any atom is -0.508 e. The first-order chi connectivity index (χ1) is 8.73. The molecule has 1 aromatic rings. The number of carbonyl (C=O) groups excluding carboxylic acids is 1. The maximum atomic E-state index is 13.2. The molecule has 0 saturated heterocycles. The Kier molecular flexibility index (Phi) is 4.72. The lowest BCUT2D eigenvalue weighted by Gasteiger charge is -2.23. The summed E-state index contributed by atoms with van der Waals surface area (Å²) in [5.41, 5.74) is 5.10. The zero-order valence-corrected chi connectivity index (χ0v) is 11.2. The van der Waals surface area contributed by atoms with Crippen LogP contribution in [-0.4, -0.2) is 23.3 Å². The van der Waals surface area contributed by atoms with Gasteiger partial charge in [0.2, 0.25) is 0 Å². The molecule has 1 amide bonds. The fourth-order valence-corrected chi connectivity index (χ4v) is 1.52. The molecular formula is C13H19FN2O3. The summed E-state index contributed by atoms with van der Waals surface area (Å²) in [7, 11) is 0. The highest BCUT2D eigenvalue weighted by Gasteiger charge is 2.21. The van der Waals surface area contributed by atoms with Crippen molar-refractivity contribution in [1.82, 2.24) is 5.32 Å². The average Bonchev–Trinajstić information content (AvgIpc) is 2.27. The third kappa shape index (κ3) is 4.75. The zero-order valence-electron chi connectivity index (χ0n) is 11.2. The summed E-state index contributed by atoms with van der Waals surface area (Å²) in [5, 5.41) is 12.2. The molecule has 1 unspecified atom stereocenters. The van der Waals surface area contributed by atoms with E-state index >= 15 is 0 Å². The minimum atomic E-state index is -0.717. The molecule has 1 aromatic carbocycles. The van der Waals surface area contributed by atoms with Gasteiger partial charge in [0.15, 0.2) is 0 Å². The predicted molar refractivity (Wildman–Crippen MR) is 69.2 cm³/mol. The van der Waals surface area contributed by atoms with E-state index in [1.165, 1.54) is 6.07 Å². The number of amides is 1. The van der Waals surface area contributed by atoms with Crippen LogP contribution in [0.25, 0.3) is 0 Å². The topological polar surface area (TPSA) is 84.6 Å². The summed E-state index contributed by atoms with van der Waals surface area (Å²) in [6.07, 6.45) is -0.674. The quantitative estimate of drug-likeness (QED) is 0.784. The van der Waals surface area contributed by atoms with Gasteiger partial charge in [-0.25, -0.2) is 9.18 Å². The van der Waals surface area contributed by atoms with Gasteiger partial charge in [-0.2, -0.15) is 0 Å². The highest BCUT2D eigenvalue weighted by molar-refractivity contribution is 5.68. The third-order valence-electron chi connectivity index (χ3n) is 2.29. The summed E-state index contributed by atoms with van der Waals surface area (Å²) >= 11 is 0. The molecule has 0 fully saturated rings.